The minimum Gasteiger partial charge on any atom is -0.343 e. The Balaban J connectivity index is 2.04. The molecule has 0 saturated carbocycles. The van der Waals surface area contributed by atoms with E-state index < -0.39 is 0 Å². The van der Waals surface area contributed by atoms with Crippen LogP contribution in [-0.4, -0.2) is 47.2 Å². The van der Waals surface area contributed by atoms with Crippen molar-refractivity contribution in [3.05, 3.63) is 33.8 Å². The number of halogens is 1. The third-order valence-electron chi connectivity index (χ3n) is 4.37. The first kappa shape index (κ1) is 17.7. The second-order valence-electron chi connectivity index (χ2n) is 5.68. The van der Waals surface area contributed by atoms with Crippen LogP contribution in [-0.2, 0) is 4.79 Å². The molecule has 23 heavy (non-hydrogen) atoms. The molecule has 0 aliphatic carbocycles. The number of benzene rings is 1. The lowest BCUT2D eigenvalue weighted by atomic mass is 10.1. The first-order chi connectivity index (χ1) is 10.9. The van der Waals surface area contributed by atoms with Gasteiger partial charge in [0.15, 0.2) is 0 Å². The van der Waals surface area contributed by atoms with E-state index in [2.05, 4.69) is 15.9 Å². The maximum Gasteiger partial charge on any atom is 0.261 e. The molecule has 5 nitrogen and oxygen atoms in total. The number of amides is 3. The molecule has 0 unspecified atom stereocenters. The lowest BCUT2D eigenvalue weighted by Crippen LogP contribution is -2.39. The molecule has 0 saturated heterocycles. The van der Waals surface area contributed by atoms with Gasteiger partial charge in [0, 0.05) is 30.5 Å². The van der Waals surface area contributed by atoms with Crippen LogP contribution in [0.4, 0.5) is 0 Å². The number of carbonyl (C=O) groups excluding carboxylic acids is 3. The smallest absolute Gasteiger partial charge is 0.261 e. The van der Waals surface area contributed by atoms with Crippen molar-refractivity contribution in [1.82, 2.24) is 9.80 Å². The fourth-order valence-electron chi connectivity index (χ4n) is 2.89. The average Bonchev–Trinajstić information content (AvgIpc) is 2.77. The number of rotatable bonds is 6. The maximum atomic E-state index is 12.3. The van der Waals surface area contributed by atoms with E-state index >= 15 is 0 Å². The Morgan fingerprint density at radius 1 is 1.17 bits per heavy atom. The van der Waals surface area contributed by atoms with Crippen molar-refractivity contribution < 1.29 is 14.4 Å². The van der Waals surface area contributed by atoms with Crippen molar-refractivity contribution in [1.29, 1.82) is 0 Å². The predicted molar refractivity (Wildman–Crippen MR) is 91.3 cm³/mol. The summed E-state index contributed by atoms with van der Waals surface area (Å²) in [6, 6.07) is 5.21. The number of fused-ring (bicyclic) bond motifs is 1. The highest BCUT2D eigenvalue weighted by atomic mass is 79.9. The third kappa shape index (κ3) is 3.47. The minimum absolute atomic E-state index is 0.0450. The van der Waals surface area contributed by atoms with E-state index in [4.69, 9.17) is 0 Å². The number of imide groups is 1. The molecule has 1 aromatic carbocycles. The molecule has 6 heteroatoms. The van der Waals surface area contributed by atoms with Gasteiger partial charge in [-0.05, 0) is 31.0 Å². The van der Waals surface area contributed by atoms with Crippen LogP contribution in [0.3, 0.4) is 0 Å². The summed E-state index contributed by atoms with van der Waals surface area (Å²) in [5.41, 5.74) is 0.796. The summed E-state index contributed by atoms with van der Waals surface area (Å²) in [5.74, 6) is -0.698. The van der Waals surface area contributed by atoms with Crippen molar-refractivity contribution in [2.75, 3.05) is 13.6 Å². The molecule has 0 fully saturated rings. The molecule has 1 aromatic rings. The lowest BCUT2D eigenvalue weighted by Gasteiger charge is -2.27. The number of carbonyl (C=O) groups is 3. The number of hydrogen-bond acceptors (Lipinski definition) is 3. The monoisotopic (exact) mass is 380 g/mol. The first-order valence-electron chi connectivity index (χ1n) is 7.82. The van der Waals surface area contributed by atoms with Crippen molar-refractivity contribution in [2.45, 2.75) is 39.2 Å². The molecule has 0 atom stereocenters. The maximum absolute atomic E-state index is 12.3. The van der Waals surface area contributed by atoms with Crippen molar-refractivity contribution in [3.8, 4) is 0 Å². The summed E-state index contributed by atoms with van der Waals surface area (Å²) < 4.78 is 0.754. The fourth-order valence-corrected chi connectivity index (χ4v) is 3.25. The minimum atomic E-state index is -0.329. The van der Waals surface area contributed by atoms with E-state index in [1.807, 2.05) is 13.8 Å². The van der Waals surface area contributed by atoms with Gasteiger partial charge < -0.3 is 4.90 Å². The first-order valence-corrected chi connectivity index (χ1v) is 8.61. The van der Waals surface area contributed by atoms with Crippen LogP contribution in [0.2, 0.25) is 0 Å². The Labute approximate surface area is 144 Å². The standard InChI is InChI=1S/C17H21BrN2O3/c1-4-12(5-2)19(3)15(21)8-9-20-16(22)13-7-6-11(18)10-14(13)17(20)23/h6-7,10,12H,4-5,8-9H2,1-3H3. The zero-order valence-electron chi connectivity index (χ0n) is 13.6. The summed E-state index contributed by atoms with van der Waals surface area (Å²) in [5, 5.41) is 0. The van der Waals surface area contributed by atoms with E-state index in [1.165, 1.54) is 0 Å². The Hall–Kier alpha value is -1.69. The fraction of sp³-hybridized carbons (Fsp3) is 0.471. The summed E-state index contributed by atoms with van der Waals surface area (Å²) in [4.78, 5) is 39.8. The summed E-state index contributed by atoms with van der Waals surface area (Å²) in [6.45, 7) is 4.20. The molecular weight excluding hydrogens is 360 g/mol. The predicted octanol–water partition coefficient (Wildman–Crippen LogP) is 3.08. The second-order valence-corrected chi connectivity index (χ2v) is 6.59. The molecule has 0 N–H and O–H groups in total. The summed E-state index contributed by atoms with van der Waals surface area (Å²) in [6.07, 6.45) is 1.93. The van der Waals surface area contributed by atoms with E-state index in [0.29, 0.717) is 11.1 Å². The van der Waals surface area contributed by atoms with E-state index in [9.17, 15) is 14.4 Å². The molecule has 1 aliphatic rings. The van der Waals surface area contributed by atoms with Crippen LogP contribution in [0.1, 0.15) is 53.8 Å². The molecule has 0 radical (unpaired) electrons. The van der Waals surface area contributed by atoms with Gasteiger partial charge in [-0.1, -0.05) is 29.8 Å². The quantitative estimate of drug-likeness (QED) is 0.712. The summed E-state index contributed by atoms with van der Waals surface area (Å²) >= 11 is 3.30. The largest absolute Gasteiger partial charge is 0.343 e. The van der Waals surface area contributed by atoms with Crippen LogP contribution in [0.25, 0.3) is 0 Å². The van der Waals surface area contributed by atoms with Gasteiger partial charge in [0.25, 0.3) is 11.8 Å². The number of nitrogens with zero attached hydrogens (tertiary/aromatic N) is 2. The Kier molecular flexibility index (Phi) is 5.57. The van der Waals surface area contributed by atoms with Gasteiger partial charge in [-0.15, -0.1) is 0 Å². The summed E-state index contributed by atoms with van der Waals surface area (Å²) in [7, 11) is 1.78. The van der Waals surface area contributed by atoms with Gasteiger partial charge in [0.2, 0.25) is 5.91 Å². The second kappa shape index (κ2) is 7.25. The molecule has 1 aliphatic heterocycles. The van der Waals surface area contributed by atoms with Crippen LogP contribution in [0.5, 0.6) is 0 Å². The zero-order chi connectivity index (χ0) is 17.1. The molecular formula is C17H21BrN2O3. The van der Waals surface area contributed by atoms with Crippen LogP contribution in [0.15, 0.2) is 22.7 Å². The molecule has 0 aromatic heterocycles. The normalized spacial score (nSPS) is 13.7. The van der Waals surface area contributed by atoms with Gasteiger partial charge in [-0.25, -0.2) is 0 Å². The van der Waals surface area contributed by atoms with Crippen molar-refractivity contribution in [2.24, 2.45) is 0 Å². The topological polar surface area (TPSA) is 57.7 Å². The highest BCUT2D eigenvalue weighted by Gasteiger charge is 2.35. The molecule has 2 rings (SSSR count). The Morgan fingerprint density at radius 2 is 1.78 bits per heavy atom. The SMILES string of the molecule is CCC(CC)N(C)C(=O)CCN1C(=O)c2ccc(Br)cc2C1=O. The third-order valence-corrected chi connectivity index (χ3v) is 4.86. The Morgan fingerprint density at radius 3 is 2.39 bits per heavy atom. The van der Waals surface area contributed by atoms with Gasteiger partial charge in [0.05, 0.1) is 11.1 Å². The van der Waals surface area contributed by atoms with Crippen LogP contribution >= 0.6 is 15.9 Å². The molecule has 1 heterocycles. The van der Waals surface area contributed by atoms with E-state index in [0.717, 1.165) is 22.2 Å². The van der Waals surface area contributed by atoms with Crippen molar-refractivity contribution in [3.63, 3.8) is 0 Å². The van der Waals surface area contributed by atoms with E-state index in [-0.39, 0.29) is 36.7 Å². The highest BCUT2D eigenvalue weighted by Crippen LogP contribution is 2.26. The zero-order valence-corrected chi connectivity index (χ0v) is 15.2. The van der Waals surface area contributed by atoms with Gasteiger partial charge in [-0.2, -0.15) is 0 Å². The van der Waals surface area contributed by atoms with Gasteiger partial charge in [0.1, 0.15) is 0 Å². The highest BCUT2D eigenvalue weighted by molar-refractivity contribution is 9.10. The average molecular weight is 381 g/mol. The van der Waals surface area contributed by atoms with Crippen molar-refractivity contribution >= 4 is 33.7 Å². The van der Waals surface area contributed by atoms with Crippen LogP contribution in [0, 0.1) is 0 Å². The molecule has 3 amide bonds. The number of hydrogen-bond donors (Lipinski definition) is 0. The molecule has 0 spiro atoms. The molecule has 0 bridgehead atoms. The lowest BCUT2D eigenvalue weighted by molar-refractivity contribution is -0.132. The van der Waals surface area contributed by atoms with Crippen LogP contribution < -0.4 is 0 Å². The molecule has 124 valence electrons. The van der Waals surface area contributed by atoms with E-state index in [1.54, 1.807) is 30.1 Å². The Bertz CT molecular complexity index is 641. The van der Waals surface area contributed by atoms with Gasteiger partial charge in [-0.3, -0.25) is 19.3 Å². The van der Waals surface area contributed by atoms with Gasteiger partial charge >= 0.3 is 0 Å².